The molecule has 0 amide bonds. The summed E-state index contributed by atoms with van der Waals surface area (Å²) >= 11 is 0.897. The van der Waals surface area contributed by atoms with E-state index in [9.17, 15) is 4.79 Å². The molecule has 2 rings (SSSR count). The molecular weight excluding hydrogens is 240 g/mol. The molecule has 0 aliphatic carbocycles. The average molecular weight is 252 g/mol. The zero-order valence-electron chi connectivity index (χ0n) is 9.12. The summed E-state index contributed by atoms with van der Waals surface area (Å²) in [6.07, 6.45) is 0. The minimum absolute atomic E-state index is 0.218. The van der Waals surface area contributed by atoms with E-state index < -0.39 is 5.97 Å². The van der Waals surface area contributed by atoms with Crippen molar-refractivity contribution in [2.24, 2.45) is 0 Å². The predicted molar refractivity (Wildman–Crippen MR) is 66.9 cm³/mol. The largest absolute Gasteiger partial charge is 0.477 e. The fourth-order valence-corrected chi connectivity index (χ4v) is 1.42. The first-order valence-electron chi connectivity index (χ1n) is 4.64. The number of rotatable bonds is 1. The molecule has 0 aliphatic rings. The molecule has 5 N–H and O–H groups in total. The zero-order valence-corrected chi connectivity index (χ0v) is 9.94. The highest BCUT2D eigenvalue weighted by atomic mass is 32.1. The van der Waals surface area contributed by atoms with Crippen LogP contribution >= 0.6 is 11.5 Å². The molecule has 0 bridgehead atoms. The zero-order chi connectivity index (χ0) is 12.8. The van der Waals surface area contributed by atoms with Crippen LogP contribution in [0.5, 0.6) is 0 Å². The summed E-state index contributed by atoms with van der Waals surface area (Å²) < 4.78 is 3.45. The average Bonchev–Trinajstić information content (AvgIpc) is 2.70. The van der Waals surface area contributed by atoms with Crippen molar-refractivity contribution >= 4 is 28.9 Å². The molecule has 1 heterocycles. The van der Waals surface area contributed by atoms with Gasteiger partial charge in [0.25, 0.3) is 0 Å². The Kier molecular flexibility index (Phi) is 4.41. The predicted octanol–water partition coefficient (Wildman–Crippen LogP) is 1.40. The van der Waals surface area contributed by atoms with Gasteiger partial charge in [-0.15, -0.1) is 5.10 Å². The van der Waals surface area contributed by atoms with E-state index in [0.29, 0.717) is 5.69 Å². The van der Waals surface area contributed by atoms with Crippen LogP contribution in [0.2, 0.25) is 0 Å². The number of aromatic carboxylic acids is 1. The lowest BCUT2D eigenvalue weighted by molar-refractivity contribution is 0.0701. The van der Waals surface area contributed by atoms with E-state index in [0.717, 1.165) is 22.9 Å². The number of carbonyl (C=O) groups is 1. The molecule has 0 unspecified atom stereocenters. The Bertz CT molecular complexity index is 474. The van der Waals surface area contributed by atoms with E-state index >= 15 is 0 Å². The summed E-state index contributed by atoms with van der Waals surface area (Å²) in [6, 6.07) is 7.09. The fraction of sp³-hybridized carbons (Fsp3) is 0.100. The minimum atomic E-state index is -0.956. The third-order valence-corrected chi connectivity index (χ3v) is 2.60. The molecule has 1 aromatic carbocycles. The number of nitrogens with zero attached hydrogens (tertiary/aromatic N) is 2. The number of anilines is 2. The van der Waals surface area contributed by atoms with Crippen molar-refractivity contribution in [1.29, 1.82) is 0 Å². The van der Waals surface area contributed by atoms with E-state index in [1.807, 2.05) is 0 Å². The fourth-order valence-electron chi connectivity index (χ4n) is 0.924. The summed E-state index contributed by atoms with van der Waals surface area (Å²) in [6.45, 7) is 1.62. The van der Waals surface area contributed by atoms with Crippen molar-refractivity contribution < 1.29 is 9.90 Å². The molecule has 6 nitrogen and oxygen atoms in total. The second-order valence-electron chi connectivity index (χ2n) is 3.16. The van der Waals surface area contributed by atoms with Crippen LogP contribution in [0.15, 0.2) is 24.3 Å². The van der Waals surface area contributed by atoms with Crippen LogP contribution in [0.3, 0.4) is 0 Å². The summed E-state index contributed by atoms with van der Waals surface area (Å²) in [7, 11) is 0. The van der Waals surface area contributed by atoms with Crippen LogP contribution < -0.4 is 11.5 Å². The molecule has 0 radical (unpaired) electrons. The van der Waals surface area contributed by atoms with Crippen molar-refractivity contribution in [3.63, 3.8) is 0 Å². The molecule has 7 heteroatoms. The highest BCUT2D eigenvalue weighted by Gasteiger charge is 2.09. The molecule has 0 saturated carbocycles. The summed E-state index contributed by atoms with van der Waals surface area (Å²) in [4.78, 5) is 10.4. The molecule has 0 fully saturated rings. The van der Waals surface area contributed by atoms with Crippen molar-refractivity contribution in [2.75, 3.05) is 11.5 Å². The van der Waals surface area contributed by atoms with E-state index in [1.165, 1.54) is 0 Å². The van der Waals surface area contributed by atoms with Gasteiger partial charge < -0.3 is 16.6 Å². The molecule has 0 saturated heterocycles. The van der Waals surface area contributed by atoms with Crippen LogP contribution in [0.4, 0.5) is 11.4 Å². The lowest BCUT2D eigenvalue weighted by Crippen LogP contribution is -1.94. The minimum Gasteiger partial charge on any atom is -0.477 e. The Balaban J connectivity index is 0.000000171. The van der Waals surface area contributed by atoms with Gasteiger partial charge in [-0.05, 0) is 42.7 Å². The Morgan fingerprint density at radius 1 is 1.24 bits per heavy atom. The lowest BCUT2D eigenvalue weighted by Gasteiger charge is -1.90. The number of hydrogen-bond acceptors (Lipinski definition) is 6. The molecule has 17 heavy (non-hydrogen) atoms. The van der Waals surface area contributed by atoms with E-state index in [1.54, 1.807) is 31.2 Å². The monoisotopic (exact) mass is 252 g/mol. The molecule has 0 aliphatic heterocycles. The Morgan fingerprint density at radius 3 is 1.94 bits per heavy atom. The topological polar surface area (TPSA) is 115 Å². The third kappa shape index (κ3) is 4.07. The van der Waals surface area contributed by atoms with E-state index in [4.69, 9.17) is 16.6 Å². The first-order valence-corrected chi connectivity index (χ1v) is 5.41. The van der Waals surface area contributed by atoms with Gasteiger partial charge in [-0.25, -0.2) is 4.79 Å². The molecule has 0 atom stereocenters. The van der Waals surface area contributed by atoms with Crippen LogP contribution in [0.1, 0.15) is 15.4 Å². The molecule has 1 aromatic heterocycles. The maximum atomic E-state index is 10.2. The molecular formula is C10H12N4O2S. The van der Waals surface area contributed by atoms with Gasteiger partial charge in [0.1, 0.15) is 0 Å². The number of hydrogen-bond donors (Lipinski definition) is 3. The normalized spacial score (nSPS) is 9.24. The summed E-state index contributed by atoms with van der Waals surface area (Å²) in [5, 5.41) is 11.9. The van der Waals surface area contributed by atoms with Crippen LogP contribution in [-0.4, -0.2) is 20.7 Å². The molecule has 90 valence electrons. The van der Waals surface area contributed by atoms with Gasteiger partial charge in [0.2, 0.25) is 0 Å². The van der Waals surface area contributed by atoms with Crippen LogP contribution in [-0.2, 0) is 0 Å². The van der Waals surface area contributed by atoms with Gasteiger partial charge in [0.15, 0.2) is 4.88 Å². The Morgan fingerprint density at radius 2 is 1.71 bits per heavy atom. The second kappa shape index (κ2) is 5.80. The first-order chi connectivity index (χ1) is 8.00. The number of aromatic nitrogens is 2. The number of carboxylic acid groups (broad SMARTS) is 1. The van der Waals surface area contributed by atoms with Crippen molar-refractivity contribution in [3.05, 3.63) is 34.8 Å². The van der Waals surface area contributed by atoms with E-state index in [2.05, 4.69) is 9.59 Å². The highest BCUT2D eigenvalue weighted by Crippen LogP contribution is 2.07. The van der Waals surface area contributed by atoms with Gasteiger partial charge in [-0.3, -0.25) is 0 Å². The first kappa shape index (κ1) is 12.9. The number of aryl methyl sites for hydroxylation is 1. The molecule has 0 spiro atoms. The molecule has 2 aromatic rings. The number of nitrogens with two attached hydrogens (primary N) is 2. The standard InChI is InChI=1S/C6H8N2.C4H4N2O2S/c7-5-1-2-6(8)4-3-5;1-2-3(4(7)8)9-6-5-2/h1-4H,7-8H2;1H3,(H,7,8). The number of nitrogen functional groups attached to an aromatic ring is 2. The highest BCUT2D eigenvalue weighted by molar-refractivity contribution is 7.07. The van der Waals surface area contributed by atoms with Crippen LogP contribution in [0, 0.1) is 6.92 Å². The lowest BCUT2D eigenvalue weighted by atomic mass is 10.3. The Labute approximate surface area is 102 Å². The van der Waals surface area contributed by atoms with E-state index in [-0.39, 0.29) is 4.88 Å². The van der Waals surface area contributed by atoms with Crippen molar-refractivity contribution in [2.45, 2.75) is 6.92 Å². The van der Waals surface area contributed by atoms with Gasteiger partial charge in [0, 0.05) is 11.4 Å². The maximum Gasteiger partial charge on any atom is 0.349 e. The Hall–Kier alpha value is -2.15. The van der Waals surface area contributed by atoms with Gasteiger partial charge in [0.05, 0.1) is 5.69 Å². The van der Waals surface area contributed by atoms with Gasteiger partial charge in [-0.1, -0.05) is 4.49 Å². The number of carboxylic acids is 1. The SMILES string of the molecule is Cc1nnsc1C(=O)O.Nc1ccc(N)cc1. The maximum absolute atomic E-state index is 10.2. The van der Waals surface area contributed by atoms with Crippen molar-refractivity contribution in [3.8, 4) is 0 Å². The third-order valence-electron chi connectivity index (χ3n) is 1.78. The summed E-state index contributed by atoms with van der Waals surface area (Å²) in [5.74, 6) is -0.956. The smallest absolute Gasteiger partial charge is 0.349 e. The van der Waals surface area contributed by atoms with Crippen LogP contribution in [0.25, 0.3) is 0 Å². The number of benzene rings is 1. The quantitative estimate of drug-likeness (QED) is 0.661. The second-order valence-corrected chi connectivity index (χ2v) is 3.91. The van der Waals surface area contributed by atoms with Gasteiger partial charge in [-0.2, -0.15) is 0 Å². The van der Waals surface area contributed by atoms with Gasteiger partial charge >= 0.3 is 5.97 Å². The summed E-state index contributed by atoms with van der Waals surface area (Å²) in [5.41, 5.74) is 12.7. The van der Waals surface area contributed by atoms with Crippen molar-refractivity contribution in [1.82, 2.24) is 9.59 Å².